The van der Waals surface area contributed by atoms with Crippen LogP contribution < -0.4 is 0 Å². The first-order chi connectivity index (χ1) is 9.17. The Labute approximate surface area is 112 Å². The van der Waals surface area contributed by atoms with Crippen molar-refractivity contribution in [2.24, 2.45) is 0 Å². The molecule has 1 aromatic rings. The quantitative estimate of drug-likeness (QED) is 0.644. The summed E-state index contributed by atoms with van der Waals surface area (Å²) in [7, 11) is 0. The minimum Gasteiger partial charge on any atom is -0.481 e. The number of aryl methyl sites for hydroxylation is 1. The molecule has 1 rings (SSSR count). The fraction of sp³-hybridized carbons (Fsp3) is 0.833. The number of hydrogen-bond acceptors (Lipinski definition) is 5. The second-order valence-electron chi connectivity index (χ2n) is 4.41. The van der Waals surface area contributed by atoms with Gasteiger partial charge in [-0.05, 0) is 23.8 Å². The van der Waals surface area contributed by atoms with Crippen LogP contribution in [0.15, 0.2) is 0 Å². The number of carboxylic acid groups (broad SMARTS) is 1. The van der Waals surface area contributed by atoms with E-state index in [1.807, 2.05) is 6.92 Å². The Balaban J connectivity index is 2.57. The van der Waals surface area contributed by atoms with E-state index in [1.54, 1.807) is 4.68 Å². The SMILES string of the molecule is CCCCCc1nnnn1CC(CC(=O)O)OCC. The zero-order chi connectivity index (χ0) is 14.1. The molecule has 1 atom stereocenters. The van der Waals surface area contributed by atoms with Crippen LogP contribution >= 0.6 is 0 Å². The van der Waals surface area contributed by atoms with Gasteiger partial charge in [0.15, 0.2) is 5.82 Å². The van der Waals surface area contributed by atoms with Crippen molar-refractivity contribution < 1.29 is 14.6 Å². The number of ether oxygens (including phenoxy) is 1. The van der Waals surface area contributed by atoms with Crippen molar-refractivity contribution in [2.45, 2.75) is 58.6 Å². The number of carboxylic acids is 1. The molecule has 0 bridgehead atoms. The van der Waals surface area contributed by atoms with Crippen molar-refractivity contribution in [3.8, 4) is 0 Å². The topological polar surface area (TPSA) is 90.1 Å². The fourth-order valence-corrected chi connectivity index (χ4v) is 1.88. The molecule has 0 aromatic carbocycles. The molecule has 0 fully saturated rings. The van der Waals surface area contributed by atoms with Crippen molar-refractivity contribution in [3.63, 3.8) is 0 Å². The maximum atomic E-state index is 10.8. The first-order valence-corrected chi connectivity index (χ1v) is 6.75. The van der Waals surface area contributed by atoms with Gasteiger partial charge in [0.2, 0.25) is 0 Å². The van der Waals surface area contributed by atoms with Crippen LogP contribution in [0.4, 0.5) is 0 Å². The van der Waals surface area contributed by atoms with Crippen LogP contribution in [-0.4, -0.2) is 44.0 Å². The second-order valence-corrected chi connectivity index (χ2v) is 4.41. The van der Waals surface area contributed by atoms with Crippen molar-refractivity contribution in [1.82, 2.24) is 20.2 Å². The molecule has 108 valence electrons. The minimum absolute atomic E-state index is 0.0396. The van der Waals surface area contributed by atoms with E-state index in [0.29, 0.717) is 13.2 Å². The highest BCUT2D eigenvalue weighted by Gasteiger charge is 2.17. The molecule has 7 heteroatoms. The second kappa shape index (κ2) is 8.58. The molecular formula is C12H22N4O3. The third-order valence-corrected chi connectivity index (χ3v) is 2.79. The number of aliphatic carboxylic acids is 1. The van der Waals surface area contributed by atoms with Gasteiger partial charge in [0.25, 0.3) is 0 Å². The molecule has 0 aliphatic rings. The van der Waals surface area contributed by atoms with E-state index < -0.39 is 12.1 Å². The number of tetrazole rings is 1. The highest BCUT2D eigenvalue weighted by molar-refractivity contribution is 5.67. The number of hydrogen-bond donors (Lipinski definition) is 1. The number of rotatable bonds is 10. The Morgan fingerprint density at radius 2 is 2.21 bits per heavy atom. The highest BCUT2D eigenvalue weighted by Crippen LogP contribution is 2.07. The van der Waals surface area contributed by atoms with Crippen LogP contribution in [-0.2, 0) is 22.5 Å². The molecular weight excluding hydrogens is 248 g/mol. The van der Waals surface area contributed by atoms with Gasteiger partial charge >= 0.3 is 5.97 Å². The number of aromatic nitrogens is 4. The Bertz CT molecular complexity index is 381. The van der Waals surface area contributed by atoms with Crippen LogP contribution in [0.25, 0.3) is 0 Å². The third-order valence-electron chi connectivity index (χ3n) is 2.79. The summed E-state index contributed by atoms with van der Waals surface area (Å²) < 4.78 is 7.06. The smallest absolute Gasteiger partial charge is 0.306 e. The molecule has 1 heterocycles. The lowest BCUT2D eigenvalue weighted by molar-refractivity contribution is -0.140. The van der Waals surface area contributed by atoms with Gasteiger partial charge in [0.1, 0.15) is 0 Å². The molecule has 0 radical (unpaired) electrons. The van der Waals surface area contributed by atoms with E-state index in [2.05, 4.69) is 22.4 Å². The highest BCUT2D eigenvalue weighted by atomic mass is 16.5. The first kappa shape index (κ1) is 15.6. The van der Waals surface area contributed by atoms with Gasteiger partial charge < -0.3 is 9.84 Å². The summed E-state index contributed by atoms with van der Waals surface area (Å²) in [5.41, 5.74) is 0. The summed E-state index contributed by atoms with van der Waals surface area (Å²) in [6.07, 6.45) is 3.69. The van der Waals surface area contributed by atoms with Gasteiger partial charge in [-0.25, -0.2) is 4.68 Å². The molecule has 0 saturated carbocycles. The normalized spacial score (nSPS) is 12.5. The van der Waals surface area contributed by atoms with Crippen LogP contribution in [0.5, 0.6) is 0 Å². The number of carbonyl (C=O) groups is 1. The van der Waals surface area contributed by atoms with Gasteiger partial charge in [-0.1, -0.05) is 19.8 Å². The van der Waals surface area contributed by atoms with Crippen LogP contribution in [0.2, 0.25) is 0 Å². The number of nitrogens with zero attached hydrogens (tertiary/aromatic N) is 4. The van der Waals surface area contributed by atoms with Gasteiger partial charge in [0, 0.05) is 13.0 Å². The Morgan fingerprint density at radius 1 is 1.42 bits per heavy atom. The molecule has 0 saturated heterocycles. The largest absolute Gasteiger partial charge is 0.481 e. The maximum Gasteiger partial charge on any atom is 0.306 e. The molecule has 1 unspecified atom stereocenters. The molecule has 0 spiro atoms. The first-order valence-electron chi connectivity index (χ1n) is 6.75. The minimum atomic E-state index is -0.876. The van der Waals surface area contributed by atoms with E-state index in [-0.39, 0.29) is 6.42 Å². The van der Waals surface area contributed by atoms with E-state index in [4.69, 9.17) is 9.84 Å². The summed E-state index contributed by atoms with van der Waals surface area (Å²) in [5.74, 6) is -0.0809. The van der Waals surface area contributed by atoms with E-state index in [0.717, 1.165) is 31.5 Å². The van der Waals surface area contributed by atoms with E-state index >= 15 is 0 Å². The summed E-state index contributed by atoms with van der Waals surface area (Å²) in [4.78, 5) is 10.8. The predicted molar refractivity (Wildman–Crippen MR) is 68.7 cm³/mol. The van der Waals surface area contributed by atoms with Crippen LogP contribution in [0.1, 0.15) is 45.4 Å². The maximum absolute atomic E-state index is 10.8. The van der Waals surface area contributed by atoms with Crippen molar-refractivity contribution in [3.05, 3.63) is 5.82 Å². The Morgan fingerprint density at radius 3 is 2.84 bits per heavy atom. The summed E-state index contributed by atoms with van der Waals surface area (Å²) in [5, 5.41) is 20.4. The number of unbranched alkanes of at least 4 members (excludes halogenated alkanes) is 2. The lowest BCUT2D eigenvalue weighted by atomic mass is 10.2. The van der Waals surface area contributed by atoms with E-state index in [1.165, 1.54) is 0 Å². The fourth-order valence-electron chi connectivity index (χ4n) is 1.88. The van der Waals surface area contributed by atoms with Crippen molar-refractivity contribution >= 4 is 5.97 Å². The standard InChI is InChI=1S/C12H22N4O3/c1-3-5-6-7-11-13-14-15-16(11)9-10(19-4-2)8-12(17)18/h10H,3-9H2,1-2H3,(H,17,18). The van der Waals surface area contributed by atoms with Gasteiger partial charge in [-0.15, -0.1) is 5.10 Å². The monoisotopic (exact) mass is 270 g/mol. The lowest BCUT2D eigenvalue weighted by Gasteiger charge is -2.15. The summed E-state index contributed by atoms with van der Waals surface area (Å²) in [6.45, 7) is 4.84. The summed E-state index contributed by atoms with van der Waals surface area (Å²) >= 11 is 0. The molecule has 0 aliphatic heterocycles. The van der Waals surface area contributed by atoms with Crippen LogP contribution in [0.3, 0.4) is 0 Å². The molecule has 19 heavy (non-hydrogen) atoms. The van der Waals surface area contributed by atoms with Gasteiger partial charge in [-0.3, -0.25) is 4.79 Å². The molecule has 1 aromatic heterocycles. The average Bonchev–Trinajstić information content (AvgIpc) is 2.76. The van der Waals surface area contributed by atoms with Crippen LogP contribution in [0, 0.1) is 0 Å². The lowest BCUT2D eigenvalue weighted by Crippen LogP contribution is -2.25. The van der Waals surface area contributed by atoms with Gasteiger partial charge in [-0.2, -0.15) is 0 Å². The van der Waals surface area contributed by atoms with Gasteiger partial charge in [0.05, 0.1) is 19.1 Å². The zero-order valence-corrected chi connectivity index (χ0v) is 11.6. The molecule has 0 aliphatic carbocycles. The molecule has 7 nitrogen and oxygen atoms in total. The van der Waals surface area contributed by atoms with Crippen molar-refractivity contribution in [2.75, 3.05) is 6.61 Å². The predicted octanol–water partition coefficient (Wildman–Crippen LogP) is 1.29. The zero-order valence-electron chi connectivity index (χ0n) is 11.6. The summed E-state index contributed by atoms with van der Waals surface area (Å²) in [6, 6.07) is 0. The third kappa shape index (κ3) is 5.78. The van der Waals surface area contributed by atoms with E-state index in [9.17, 15) is 4.79 Å². The molecule has 1 N–H and O–H groups in total. The van der Waals surface area contributed by atoms with Crippen molar-refractivity contribution in [1.29, 1.82) is 0 Å². The Hall–Kier alpha value is -1.50. The molecule has 0 amide bonds. The average molecular weight is 270 g/mol. The Kier molecular flexibility index (Phi) is 7.02.